The highest BCUT2D eigenvalue weighted by molar-refractivity contribution is 6.05. The van der Waals surface area contributed by atoms with Crippen molar-refractivity contribution < 1.29 is 9.59 Å². The van der Waals surface area contributed by atoms with E-state index in [1.807, 2.05) is 6.92 Å². The van der Waals surface area contributed by atoms with Gasteiger partial charge in [-0.1, -0.05) is 6.07 Å². The number of nitrogens with zero attached hydrogens (tertiary/aromatic N) is 2. The predicted molar refractivity (Wildman–Crippen MR) is 94.2 cm³/mol. The summed E-state index contributed by atoms with van der Waals surface area (Å²) in [6, 6.07) is 5.51. The molecule has 1 aromatic carbocycles. The van der Waals surface area contributed by atoms with Gasteiger partial charge in [0.1, 0.15) is 6.54 Å². The normalized spacial score (nSPS) is 13.0. The molecule has 1 heterocycles. The summed E-state index contributed by atoms with van der Waals surface area (Å²) in [5, 5.41) is 9.74. The molecule has 24 heavy (non-hydrogen) atoms. The van der Waals surface area contributed by atoms with Gasteiger partial charge in [0, 0.05) is 23.5 Å². The van der Waals surface area contributed by atoms with Crippen molar-refractivity contribution in [2.75, 3.05) is 11.1 Å². The lowest BCUT2D eigenvalue weighted by atomic mass is 10.1. The van der Waals surface area contributed by atoms with E-state index in [1.165, 1.54) is 10.9 Å². The Kier molecular flexibility index (Phi) is 5.46. The van der Waals surface area contributed by atoms with E-state index in [9.17, 15) is 9.59 Å². The van der Waals surface area contributed by atoms with E-state index in [-0.39, 0.29) is 30.8 Å². The van der Waals surface area contributed by atoms with Crippen molar-refractivity contribution >= 4 is 35.6 Å². The van der Waals surface area contributed by atoms with E-state index in [4.69, 9.17) is 5.73 Å². The number of aryl methyl sites for hydroxylation is 1. The molecule has 4 N–H and O–H groups in total. The molecular weight excluding hydrogens is 330 g/mol. The molecule has 7 nitrogen and oxygen atoms in total. The summed E-state index contributed by atoms with van der Waals surface area (Å²) in [7, 11) is 0. The number of benzene rings is 1. The van der Waals surface area contributed by atoms with E-state index in [0.717, 1.165) is 18.4 Å². The van der Waals surface area contributed by atoms with Gasteiger partial charge in [0.25, 0.3) is 5.91 Å². The quantitative estimate of drug-likeness (QED) is 0.715. The molecule has 0 radical (unpaired) electrons. The van der Waals surface area contributed by atoms with Crippen LogP contribution in [-0.2, 0) is 11.3 Å². The maximum Gasteiger partial charge on any atom is 0.256 e. The number of anilines is 2. The number of rotatable bonds is 5. The zero-order valence-corrected chi connectivity index (χ0v) is 14.1. The van der Waals surface area contributed by atoms with Gasteiger partial charge in [-0.3, -0.25) is 14.3 Å². The largest absolute Gasteiger partial charge is 0.399 e. The number of nitrogens with two attached hydrogens (primary N) is 1. The van der Waals surface area contributed by atoms with Crippen LogP contribution in [0, 0.1) is 6.92 Å². The first-order valence-corrected chi connectivity index (χ1v) is 7.50. The number of carbonyl (C=O) groups is 2. The number of amides is 2. The Labute approximate surface area is 146 Å². The number of hydrogen-bond acceptors (Lipinski definition) is 4. The molecule has 2 aromatic rings. The summed E-state index contributed by atoms with van der Waals surface area (Å²) >= 11 is 0. The van der Waals surface area contributed by atoms with Crippen molar-refractivity contribution in [3.8, 4) is 0 Å². The van der Waals surface area contributed by atoms with Crippen molar-refractivity contribution in [2.24, 2.45) is 0 Å². The predicted octanol–water partition coefficient (Wildman–Crippen LogP) is 1.73. The van der Waals surface area contributed by atoms with Crippen molar-refractivity contribution in [2.45, 2.75) is 32.4 Å². The molecule has 0 aliphatic heterocycles. The van der Waals surface area contributed by atoms with Crippen LogP contribution in [0.1, 0.15) is 28.8 Å². The number of aromatic nitrogens is 2. The lowest BCUT2D eigenvalue weighted by molar-refractivity contribution is -0.122. The minimum Gasteiger partial charge on any atom is -0.399 e. The lowest BCUT2D eigenvalue weighted by Gasteiger charge is -2.07. The Morgan fingerprint density at radius 3 is 2.83 bits per heavy atom. The van der Waals surface area contributed by atoms with Gasteiger partial charge in [-0.15, -0.1) is 12.4 Å². The average Bonchev–Trinajstić information content (AvgIpc) is 3.20. The van der Waals surface area contributed by atoms with E-state index >= 15 is 0 Å². The minimum absolute atomic E-state index is 0. The molecule has 0 unspecified atom stereocenters. The molecule has 0 atom stereocenters. The fraction of sp³-hybridized carbons (Fsp3) is 0.312. The maximum atomic E-state index is 12.3. The van der Waals surface area contributed by atoms with E-state index < -0.39 is 0 Å². The second kappa shape index (κ2) is 7.35. The van der Waals surface area contributed by atoms with Crippen LogP contribution in [0.3, 0.4) is 0 Å². The summed E-state index contributed by atoms with van der Waals surface area (Å²) in [5.41, 5.74) is 8.15. The molecule has 8 heteroatoms. The number of nitrogens with one attached hydrogen (secondary N) is 2. The van der Waals surface area contributed by atoms with Crippen molar-refractivity contribution in [1.82, 2.24) is 15.1 Å². The van der Waals surface area contributed by atoms with Crippen LogP contribution in [0.15, 0.2) is 30.6 Å². The van der Waals surface area contributed by atoms with E-state index in [0.29, 0.717) is 23.0 Å². The molecule has 128 valence electrons. The molecule has 3 rings (SSSR count). The zero-order chi connectivity index (χ0) is 16.4. The van der Waals surface area contributed by atoms with Crippen LogP contribution < -0.4 is 16.4 Å². The van der Waals surface area contributed by atoms with Crippen LogP contribution in [0.25, 0.3) is 0 Å². The topological polar surface area (TPSA) is 102 Å². The van der Waals surface area contributed by atoms with Gasteiger partial charge in [-0.2, -0.15) is 5.10 Å². The van der Waals surface area contributed by atoms with Gasteiger partial charge < -0.3 is 16.4 Å². The Morgan fingerprint density at radius 2 is 2.12 bits per heavy atom. The third-order valence-corrected chi connectivity index (χ3v) is 3.65. The first-order chi connectivity index (χ1) is 11.0. The van der Waals surface area contributed by atoms with Gasteiger partial charge in [0.15, 0.2) is 0 Å². The van der Waals surface area contributed by atoms with Gasteiger partial charge in [0.05, 0.1) is 11.9 Å². The summed E-state index contributed by atoms with van der Waals surface area (Å²) in [6.07, 6.45) is 5.24. The second-order valence-corrected chi connectivity index (χ2v) is 5.80. The van der Waals surface area contributed by atoms with Crippen molar-refractivity contribution in [1.29, 1.82) is 0 Å². The molecule has 1 aliphatic rings. The van der Waals surface area contributed by atoms with Gasteiger partial charge >= 0.3 is 0 Å². The Morgan fingerprint density at radius 1 is 1.38 bits per heavy atom. The molecule has 1 aliphatic carbocycles. The number of nitrogen functional groups attached to an aromatic ring is 1. The van der Waals surface area contributed by atoms with Crippen molar-refractivity contribution in [3.05, 3.63) is 41.7 Å². The monoisotopic (exact) mass is 349 g/mol. The van der Waals surface area contributed by atoms with Crippen LogP contribution >= 0.6 is 12.4 Å². The summed E-state index contributed by atoms with van der Waals surface area (Å²) in [4.78, 5) is 24.0. The van der Waals surface area contributed by atoms with Crippen LogP contribution in [0.5, 0.6) is 0 Å². The van der Waals surface area contributed by atoms with Crippen LogP contribution in [0.2, 0.25) is 0 Å². The standard InChI is InChI=1S/C16H19N5O2.ClH/c1-10-2-3-11(17)6-14(10)16(23)20-13-7-18-21(8-13)9-15(22)19-12-4-5-12;/h2-3,6-8,12H,4-5,9,17H2,1H3,(H,19,22)(H,20,23);1H. The van der Waals surface area contributed by atoms with Crippen molar-refractivity contribution in [3.63, 3.8) is 0 Å². The SMILES string of the molecule is Cc1ccc(N)cc1C(=O)Nc1cnn(CC(=O)NC2CC2)c1.Cl. The fourth-order valence-electron chi connectivity index (χ4n) is 2.25. The minimum atomic E-state index is -0.253. The number of halogens is 1. The summed E-state index contributed by atoms with van der Waals surface area (Å²) in [5.74, 6) is -0.322. The molecule has 0 saturated heterocycles. The second-order valence-electron chi connectivity index (χ2n) is 5.80. The van der Waals surface area contributed by atoms with Gasteiger partial charge in [-0.25, -0.2) is 0 Å². The highest BCUT2D eigenvalue weighted by atomic mass is 35.5. The molecule has 1 fully saturated rings. The van der Waals surface area contributed by atoms with Gasteiger partial charge in [-0.05, 0) is 37.5 Å². The third kappa shape index (κ3) is 4.48. The maximum absolute atomic E-state index is 12.3. The Bertz CT molecular complexity index is 755. The van der Waals surface area contributed by atoms with Crippen LogP contribution in [0.4, 0.5) is 11.4 Å². The lowest BCUT2D eigenvalue weighted by Crippen LogP contribution is -2.29. The zero-order valence-electron chi connectivity index (χ0n) is 13.3. The first kappa shape index (κ1) is 17.8. The third-order valence-electron chi connectivity index (χ3n) is 3.65. The highest BCUT2D eigenvalue weighted by Crippen LogP contribution is 2.18. The molecule has 0 bridgehead atoms. The number of carbonyl (C=O) groups excluding carboxylic acids is 2. The fourth-order valence-corrected chi connectivity index (χ4v) is 2.25. The summed E-state index contributed by atoms with van der Waals surface area (Å²) in [6.45, 7) is 1.99. The first-order valence-electron chi connectivity index (χ1n) is 7.50. The molecule has 0 spiro atoms. The van der Waals surface area contributed by atoms with Gasteiger partial charge in [0.2, 0.25) is 5.91 Å². The summed E-state index contributed by atoms with van der Waals surface area (Å²) < 4.78 is 1.50. The molecule has 1 saturated carbocycles. The Hall–Kier alpha value is -2.54. The average molecular weight is 350 g/mol. The van der Waals surface area contributed by atoms with Crippen LogP contribution in [-0.4, -0.2) is 27.6 Å². The Balaban J connectivity index is 0.00000208. The van der Waals surface area contributed by atoms with E-state index in [2.05, 4.69) is 15.7 Å². The molecule has 2 amide bonds. The molecular formula is C16H20ClN5O2. The highest BCUT2D eigenvalue weighted by Gasteiger charge is 2.23. The van der Waals surface area contributed by atoms with E-state index in [1.54, 1.807) is 24.4 Å². The number of hydrogen-bond donors (Lipinski definition) is 3. The smallest absolute Gasteiger partial charge is 0.256 e. The molecule has 1 aromatic heterocycles.